The molecule has 2 aliphatic rings. The van der Waals surface area contributed by atoms with Crippen molar-refractivity contribution in [3.05, 3.63) is 15.8 Å². The predicted octanol–water partition coefficient (Wildman–Crippen LogP) is 3.31. The SMILES string of the molecule is CCC#Cc1cc(N(CC(=O)N2CCOCC2)C(=O)[C@H]2CC[C@H](C)CC2)c(C(=O)OC)s1. The third kappa shape index (κ3) is 5.90. The second-order valence-electron chi connectivity index (χ2n) is 8.35. The zero-order chi connectivity index (χ0) is 23.1. The number of hydrogen-bond acceptors (Lipinski definition) is 6. The van der Waals surface area contributed by atoms with Crippen molar-refractivity contribution in [2.45, 2.75) is 46.0 Å². The van der Waals surface area contributed by atoms with E-state index in [0.717, 1.165) is 25.7 Å². The van der Waals surface area contributed by atoms with Gasteiger partial charge in [0.2, 0.25) is 11.8 Å². The number of amides is 2. The van der Waals surface area contributed by atoms with Crippen LogP contribution in [0.3, 0.4) is 0 Å². The summed E-state index contributed by atoms with van der Waals surface area (Å²) in [7, 11) is 1.32. The monoisotopic (exact) mass is 460 g/mol. The summed E-state index contributed by atoms with van der Waals surface area (Å²) in [4.78, 5) is 43.5. The Bertz CT molecular complexity index is 886. The molecule has 8 heteroatoms. The summed E-state index contributed by atoms with van der Waals surface area (Å²) in [6.07, 6.45) is 4.24. The molecule has 0 radical (unpaired) electrons. The molecule has 7 nitrogen and oxygen atoms in total. The second kappa shape index (κ2) is 11.5. The molecule has 1 aliphatic carbocycles. The summed E-state index contributed by atoms with van der Waals surface area (Å²) in [5, 5.41) is 0. The number of methoxy groups -OCH3 is 1. The number of carbonyl (C=O) groups is 3. The van der Waals surface area contributed by atoms with E-state index in [1.165, 1.54) is 23.3 Å². The largest absolute Gasteiger partial charge is 0.465 e. The lowest BCUT2D eigenvalue weighted by atomic mass is 9.82. The first-order valence-electron chi connectivity index (χ1n) is 11.3. The highest BCUT2D eigenvalue weighted by molar-refractivity contribution is 7.15. The van der Waals surface area contributed by atoms with Crippen LogP contribution in [-0.4, -0.2) is 62.6 Å². The fourth-order valence-electron chi connectivity index (χ4n) is 4.12. The fourth-order valence-corrected chi connectivity index (χ4v) is 5.07. The molecule has 2 heterocycles. The molecule has 1 aromatic heterocycles. The maximum absolute atomic E-state index is 13.7. The summed E-state index contributed by atoms with van der Waals surface area (Å²) in [5.74, 6) is 5.73. The van der Waals surface area contributed by atoms with E-state index >= 15 is 0 Å². The lowest BCUT2D eigenvalue weighted by Gasteiger charge is -2.33. The molecule has 2 amide bonds. The molecule has 0 spiro atoms. The smallest absolute Gasteiger partial charge is 0.350 e. The quantitative estimate of drug-likeness (QED) is 0.498. The number of ether oxygens (including phenoxy) is 2. The number of anilines is 1. The molecule has 0 bridgehead atoms. The van der Waals surface area contributed by atoms with Gasteiger partial charge in [-0.15, -0.1) is 11.3 Å². The van der Waals surface area contributed by atoms with Crippen molar-refractivity contribution in [3.63, 3.8) is 0 Å². The van der Waals surface area contributed by atoms with Crippen LogP contribution in [0.5, 0.6) is 0 Å². The molecule has 1 saturated heterocycles. The van der Waals surface area contributed by atoms with Crippen molar-refractivity contribution in [1.29, 1.82) is 0 Å². The molecule has 0 atom stereocenters. The summed E-state index contributed by atoms with van der Waals surface area (Å²) in [6.45, 7) is 6.03. The number of carbonyl (C=O) groups excluding carboxylic acids is 3. The van der Waals surface area contributed by atoms with Gasteiger partial charge in [-0.2, -0.15) is 0 Å². The number of nitrogens with zero attached hydrogens (tertiary/aromatic N) is 2. The van der Waals surface area contributed by atoms with Gasteiger partial charge in [0, 0.05) is 25.4 Å². The normalized spacial score (nSPS) is 20.8. The van der Waals surface area contributed by atoms with Crippen molar-refractivity contribution in [2.24, 2.45) is 11.8 Å². The van der Waals surface area contributed by atoms with Crippen LogP contribution in [0, 0.1) is 23.7 Å². The first kappa shape index (κ1) is 24.3. The molecule has 3 rings (SSSR count). The standard InChI is InChI=1S/C24H32N2O5S/c1-4-5-6-19-15-20(22(32-19)24(29)30-3)26(16-21(27)25-11-13-31-14-12-25)23(28)18-9-7-17(2)8-10-18/h15,17-18H,4,7-14,16H2,1-3H3/t17-,18-. The topological polar surface area (TPSA) is 76.2 Å². The molecule has 174 valence electrons. The van der Waals surface area contributed by atoms with E-state index < -0.39 is 5.97 Å². The Balaban J connectivity index is 1.95. The lowest BCUT2D eigenvalue weighted by molar-refractivity contribution is -0.135. The molecular formula is C24H32N2O5S. The Kier molecular flexibility index (Phi) is 8.71. The maximum Gasteiger partial charge on any atom is 0.350 e. The van der Waals surface area contributed by atoms with Gasteiger partial charge in [-0.3, -0.25) is 9.59 Å². The Morgan fingerprint density at radius 3 is 2.53 bits per heavy atom. The molecule has 1 aliphatic heterocycles. The van der Waals surface area contributed by atoms with Crippen LogP contribution < -0.4 is 4.90 Å². The van der Waals surface area contributed by atoms with Gasteiger partial charge in [0.1, 0.15) is 11.4 Å². The molecule has 32 heavy (non-hydrogen) atoms. The van der Waals surface area contributed by atoms with Crippen molar-refractivity contribution < 1.29 is 23.9 Å². The molecule has 1 aromatic rings. The van der Waals surface area contributed by atoms with Crippen LogP contribution in [0.25, 0.3) is 0 Å². The van der Waals surface area contributed by atoms with Crippen LogP contribution >= 0.6 is 11.3 Å². The summed E-state index contributed by atoms with van der Waals surface area (Å²) in [6, 6.07) is 1.75. The minimum atomic E-state index is -0.525. The number of hydrogen-bond donors (Lipinski definition) is 0. The number of morpholine rings is 1. The predicted molar refractivity (Wildman–Crippen MR) is 124 cm³/mol. The van der Waals surface area contributed by atoms with E-state index in [4.69, 9.17) is 9.47 Å². The average Bonchev–Trinajstić information content (AvgIpc) is 3.25. The van der Waals surface area contributed by atoms with Gasteiger partial charge >= 0.3 is 5.97 Å². The molecule has 0 unspecified atom stereocenters. The second-order valence-corrected chi connectivity index (χ2v) is 9.40. The summed E-state index contributed by atoms with van der Waals surface area (Å²) < 4.78 is 10.3. The highest BCUT2D eigenvalue weighted by atomic mass is 32.1. The van der Waals surface area contributed by atoms with E-state index in [9.17, 15) is 14.4 Å². The Morgan fingerprint density at radius 1 is 1.22 bits per heavy atom. The van der Waals surface area contributed by atoms with Gasteiger partial charge in [0.15, 0.2) is 0 Å². The first-order chi connectivity index (χ1) is 15.4. The summed E-state index contributed by atoms with van der Waals surface area (Å²) in [5.41, 5.74) is 0.424. The van der Waals surface area contributed by atoms with Gasteiger partial charge < -0.3 is 19.3 Å². The number of thiophene rings is 1. The van der Waals surface area contributed by atoms with Gasteiger partial charge in [0.05, 0.1) is 30.9 Å². The van der Waals surface area contributed by atoms with Gasteiger partial charge in [0.25, 0.3) is 0 Å². The van der Waals surface area contributed by atoms with Crippen LogP contribution in [0.4, 0.5) is 5.69 Å². The van der Waals surface area contributed by atoms with Crippen LogP contribution in [0.1, 0.15) is 60.5 Å². The Hall–Kier alpha value is -2.37. The van der Waals surface area contributed by atoms with Crippen molar-refractivity contribution >= 4 is 34.8 Å². The minimum Gasteiger partial charge on any atom is -0.465 e. The van der Waals surface area contributed by atoms with E-state index in [-0.39, 0.29) is 24.3 Å². The molecule has 2 fully saturated rings. The minimum absolute atomic E-state index is 0.100. The molecular weight excluding hydrogens is 428 g/mol. The molecule has 0 N–H and O–H groups in total. The van der Waals surface area contributed by atoms with Gasteiger partial charge in [-0.1, -0.05) is 25.7 Å². The van der Waals surface area contributed by atoms with E-state index in [0.29, 0.717) is 54.1 Å². The van der Waals surface area contributed by atoms with Gasteiger partial charge in [-0.25, -0.2) is 4.79 Å². The summed E-state index contributed by atoms with van der Waals surface area (Å²) >= 11 is 1.20. The Labute approximate surface area is 194 Å². The van der Waals surface area contributed by atoms with Crippen molar-refractivity contribution in [1.82, 2.24) is 4.90 Å². The van der Waals surface area contributed by atoms with Crippen molar-refractivity contribution in [3.8, 4) is 11.8 Å². The fraction of sp³-hybridized carbons (Fsp3) is 0.625. The highest BCUT2D eigenvalue weighted by Crippen LogP contribution is 2.35. The average molecular weight is 461 g/mol. The van der Waals surface area contributed by atoms with E-state index in [1.807, 2.05) is 6.92 Å². The van der Waals surface area contributed by atoms with E-state index in [1.54, 1.807) is 11.0 Å². The molecule has 1 saturated carbocycles. The zero-order valence-corrected chi connectivity index (χ0v) is 20.0. The number of esters is 1. The maximum atomic E-state index is 13.7. The number of rotatable bonds is 5. The molecule has 0 aromatic carbocycles. The third-order valence-electron chi connectivity index (χ3n) is 6.05. The lowest BCUT2D eigenvalue weighted by Crippen LogP contribution is -2.49. The van der Waals surface area contributed by atoms with Crippen molar-refractivity contribution in [2.75, 3.05) is 44.9 Å². The zero-order valence-electron chi connectivity index (χ0n) is 19.1. The van der Waals surface area contributed by atoms with E-state index in [2.05, 4.69) is 18.8 Å². The van der Waals surface area contributed by atoms with Crippen LogP contribution in [0.15, 0.2) is 6.07 Å². The highest BCUT2D eigenvalue weighted by Gasteiger charge is 2.34. The first-order valence-corrected chi connectivity index (χ1v) is 12.1. The third-order valence-corrected chi connectivity index (χ3v) is 7.07. The van der Waals surface area contributed by atoms with Crippen LogP contribution in [0.2, 0.25) is 0 Å². The Morgan fingerprint density at radius 2 is 1.91 bits per heavy atom. The van der Waals surface area contributed by atoms with Crippen LogP contribution in [-0.2, 0) is 19.1 Å². The van der Waals surface area contributed by atoms with Gasteiger partial charge in [-0.05, 0) is 37.7 Å².